The van der Waals surface area contributed by atoms with Crippen LogP contribution in [0.1, 0.15) is 27.9 Å². The molecule has 5 heteroatoms. The van der Waals surface area contributed by atoms with Crippen molar-refractivity contribution in [1.29, 1.82) is 0 Å². The normalized spacial score (nSPS) is 10.9. The number of rotatable bonds is 6. The lowest BCUT2D eigenvalue weighted by Crippen LogP contribution is -2.26. The van der Waals surface area contributed by atoms with Gasteiger partial charge in [0.1, 0.15) is 17.4 Å². The SMILES string of the molecule is Cc1ccc(CCn2c(COc3ccc(C)c(C)c3)c(Cl)cc(Cl)c2=O)cc1. The summed E-state index contributed by atoms with van der Waals surface area (Å²) < 4.78 is 7.54. The lowest BCUT2D eigenvalue weighted by Gasteiger charge is -2.16. The fourth-order valence-corrected chi connectivity index (χ4v) is 3.50. The predicted octanol–water partition coefficient (Wildman–Crippen LogP) is 5.90. The van der Waals surface area contributed by atoms with Crippen LogP contribution in [0.5, 0.6) is 5.75 Å². The van der Waals surface area contributed by atoms with E-state index in [0.29, 0.717) is 23.7 Å². The highest BCUT2D eigenvalue weighted by molar-refractivity contribution is 6.34. The molecule has 0 fully saturated rings. The van der Waals surface area contributed by atoms with E-state index in [1.807, 2.05) is 32.0 Å². The Morgan fingerprint density at radius 1 is 0.893 bits per heavy atom. The van der Waals surface area contributed by atoms with Crippen LogP contribution in [-0.2, 0) is 19.6 Å². The smallest absolute Gasteiger partial charge is 0.269 e. The number of pyridine rings is 1. The highest BCUT2D eigenvalue weighted by atomic mass is 35.5. The van der Waals surface area contributed by atoms with Crippen LogP contribution in [0, 0.1) is 20.8 Å². The van der Waals surface area contributed by atoms with Gasteiger partial charge in [-0.2, -0.15) is 0 Å². The quantitative estimate of drug-likeness (QED) is 0.501. The van der Waals surface area contributed by atoms with Gasteiger partial charge >= 0.3 is 0 Å². The third kappa shape index (κ3) is 4.78. The Morgan fingerprint density at radius 3 is 2.29 bits per heavy atom. The van der Waals surface area contributed by atoms with Gasteiger partial charge in [-0.1, -0.05) is 59.1 Å². The summed E-state index contributed by atoms with van der Waals surface area (Å²) in [4.78, 5) is 12.6. The summed E-state index contributed by atoms with van der Waals surface area (Å²) in [7, 11) is 0. The van der Waals surface area contributed by atoms with Gasteiger partial charge in [-0.3, -0.25) is 4.79 Å². The Labute approximate surface area is 175 Å². The molecule has 0 unspecified atom stereocenters. The lowest BCUT2D eigenvalue weighted by atomic mass is 10.1. The number of nitrogens with zero attached hydrogens (tertiary/aromatic N) is 1. The summed E-state index contributed by atoms with van der Waals surface area (Å²) in [5, 5.41) is 0.543. The Bertz CT molecular complexity index is 1040. The molecule has 2 aromatic carbocycles. The summed E-state index contributed by atoms with van der Waals surface area (Å²) in [6.07, 6.45) is 0.702. The highest BCUT2D eigenvalue weighted by Gasteiger charge is 2.14. The van der Waals surface area contributed by atoms with Gasteiger partial charge in [0.05, 0.1) is 10.7 Å². The number of benzene rings is 2. The zero-order chi connectivity index (χ0) is 20.3. The number of hydrogen-bond acceptors (Lipinski definition) is 2. The van der Waals surface area contributed by atoms with Crippen LogP contribution >= 0.6 is 23.2 Å². The first-order valence-corrected chi connectivity index (χ1v) is 9.94. The van der Waals surface area contributed by atoms with Gasteiger partial charge in [0.15, 0.2) is 0 Å². The van der Waals surface area contributed by atoms with Crippen molar-refractivity contribution in [2.75, 3.05) is 0 Å². The van der Waals surface area contributed by atoms with Crippen LogP contribution in [0.2, 0.25) is 10.0 Å². The number of ether oxygens (including phenoxy) is 1. The lowest BCUT2D eigenvalue weighted by molar-refractivity contribution is 0.292. The molecular formula is C23H23Cl2NO2. The molecular weight excluding hydrogens is 393 g/mol. The van der Waals surface area contributed by atoms with Crippen molar-refractivity contribution >= 4 is 23.2 Å². The van der Waals surface area contributed by atoms with E-state index in [0.717, 1.165) is 16.9 Å². The van der Waals surface area contributed by atoms with Crippen molar-refractivity contribution in [1.82, 2.24) is 4.57 Å². The molecule has 1 heterocycles. The van der Waals surface area contributed by atoms with E-state index in [1.165, 1.54) is 17.2 Å². The van der Waals surface area contributed by atoms with Crippen molar-refractivity contribution in [2.45, 2.75) is 40.3 Å². The van der Waals surface area contributed by atoms with Gasteiger partial charge in [-0.05, 0) is 62.1 Å². The van der Waals surface area contributed by atoms with Crippen molar-refractivity contribution < 1.29 is 4.74 Å². The molecule has 0 aliphatic carbocycles. The van der Waals surface area contributed by atoms with Gasteiger partial charge < -0.3 is 9.30 Å². The van der Waals surface area contributed by atoms with Crippen LogP contribution in [0.25, 0.3) is 0 Å². The van der Waals surface area contributed by atoms with Crippen LogP contribution in [0.3, 0.4) is 0 Å². The van der Waals surface area contributed by atoms with Crippen LogP contribution in [-0.4, -0.2) is 4.57 Å². The molecule has 0 atom stereocenters. The molecule has 0 radical (unpaired) electrons. The molecule has 1 aromatic heterocycles. The van der Waals surface area contributed by atoms with Gasteiger partial charge in [-0.15, -0.1) is 0 Å². The fraction of sp³-hybridized carbons (Fsp3) is 0.261. The first-order chi connectivity index (χ1) is 13.3. The van der Waals surface area contributed by atoms with E-state index in [-0.39, 0.29) is 17.2 Å². The molecule has 0 N–H and O–H groups in total. The largest absolute Gasteiger partial charge is 0.487 e. The summed E-state index contributed by atoms with van der Waals surface area (Å²) in [5.41, 5.74) is 5.07. The topological polar surface area (TPSA) is 31.2 Å². The molecule has 3 nitrogen and oxygen atoms in total. The number of aryl methyl sites for hydroxylation is 4. The van der Waals surface area contributed by atoms with E-state index < -0.39 is 0 Å². The first kappa shape index (κ1) is 20.5. The zero-order valence-corrected chi connectivity index (χ0v) is 17.8. The van der Waals surface area contributed by atoms with Gasteiger partial charge in [0.2, 0.25) is 0 Å². The Kier molecular flexibility index (Phi) is 6.48. The van der Waals surface area contributed by atoms with Crippen LogP contribution < -0.4 is 10.3 Å². The maximum absolute atomic E-state index is 12.6. The van der Waals surface area contributed by atoms with E-state index in [4.69, 9.17) is 27.9 Å². The maximum Gasteiger partial charge on any atom is 0.269 e. The number of halogens is 2. The van der Waals surface area contributed by atoms with E-state index >= 15 is 0 Å². The third-order valence-electron chi connectivity index (χ3n) is 4.90. The zero-order valence-electron chi connectivity index (χ0n) is 16.3. The Morgan fingerprint density at radius 2 is 1.61 bits per heavy atom. The average molecular weight is 416 g/mol. The van der Waals surface area contributed by atoms with Gasteiger partial charge in [0, 0.05) is 6.54 Å². The molecule has 0 saturated heterocycles. The van der Waals surface area contributed by atoms with Crippen LogP contribution in [0.15, 0.2) is 53.3 Å². The first-order valence-electron chi connectivity index (χ1n) is 9.18. The van der Waals surface area contributed by atoms with E-state index in [1.54, 1.807) is 4.57 Å². The second-order valence-electron chi connectivity index (χ2n) is 7.01. The Balaban J connectivity index is 1.84. The molecule has 0 saturated carbocycles. The molecule has 0 amide bonds. The highest BCUT2D eigenvalue weighted by Crippen LogP contribution is 2.22. The minimum absolute atomic E-state index is 0.115. The number of hydrogen-bond donors (Lipinski definition) is 0. The third-order valence-corrected chi connectivity index (χ3v) is 5.50. The second kappa shape index (κ2) is 8.85. The van der Waals surface area contributed by atoms with Gasteiger partial charge in [-0.25, -0.2) is 0 Å². The molecule has 3 rings (SSSR count). The predicted molar refractivity (Wildman–Crippen MR) is 116 cm³/mol. The van der Waals surface area contributed by atoms with Gasteiger partial charge in [0.25, 0.3) is 5.56 Å². The minimum atomic E-state index is -0.253. The second-order valence-corrected chi connectivity index (χ2v) is 7.83. The fourth-order valence-electron chi connectivity index (χ4n) is 2.97. The molecule has 3 aromatic rings. The Hall–Kier alpha value is -2.23. The van der Waals surface area contributed by atoms with E-state index in [9.17, 15) is 4.79 Å². The van der Waals surface area contributed by atoms with Crippen LogP contribution in [0.4, 0.5) is 0 Å². The van der Waals surface area contributed by atoms with Crippen molar-refractivity contribution in [2.24, 2.45) is 0 Å². The average Bonchev–Trinajstić information content (AvgIpc) is 2.66. The van der Waals surface area contributed by atoms with E-state index in [2.05, 4.69) is 31.2 Å². The molecule has 146 valence electrons. The molecule has 0 bridgehead atoms. The molecule has 0 aliphatic heterocycles. The number of aromatic nitrogens is 1. The molecule has 0 aliphatic rings. The minimum Gasteiger partial charge on any atom is -0.487 e. The monoisotopic (exact) mass is 415 g/mol. The molecule has 28 heavy (non-hydrogen) atoms. The maximum atomic E-state index is 12.6. The van der Waals surface area contributed by atoms with Crippen molar-refractivity contribution in [3.05, 3.63) is 96.9 Å². The van der Waals surface area contributed by atoms with Crippen molar-refractivity contribution in [3.8, 4) is 5.75 Å². The summed E-state index contributed by atoms with van der Waals surface area (Å²) >= 11 is 12.5. The molecule has 0 spiro atoms. The summed E-state index contributed by atoms with van der Waals surface area (Å²) in [6, 6.07) is 15.7. The standard InChI is InChI=1S/C23H23Cl2NO2/c1-15-4-7-18(8-5-15)10-11-26-22(20(24)13-21(25)23(26)27)14-28-19-9-6-16(2)17(3)12-19/h4-9,12-13H,10-11,14H2,1-3H3. The van der Waals surface area contributed by atoms with Crippen molar-refractivity contribution in [3.63, 3.8) is 0 Å². The summed E-state index contributed by atoms with van der Waals surface area (Å²) in [6.45, 7) is 6.82. The summed E-state index contributed by atoms with van der Waals surface area (Å²) in [5.74, 6) is 0.742.